The maximum absolute atomic E-state index is 12.1. The molecule has 6 nitrogen and oxygen atoms in total. The summed E-state index contributed by atoms with van der Waals surface area (Å²) in [5, 5.41) is 11.7. The van der Waals surface area contributed by atoms with Crippen molar-refractivity contribution in [3.05, 3.63) is 36.4 Å². The number of morpholine rings is 1. The van der Waals surface area contributed by atoms with E-state index < -0.39 is 0 Å². The highest BCUT2D eigenvalue weighted by Gasteiger charge is 2.25. The fourth-order valence-electron chi connectivity index (χ4n) is 3.11. The number of carbonyl (C=O) groups is 1. The smallest absolute Gasteiger partial charge is 0.227 e. The fourth-order valence-corrected chi connectivity index (χ4v) is 3.11. The largest absolute Gasteiger partial charge is 0.378 e. The first-order valence-electron chi connectivity index (χ1n) is 8.87. The summed E-state index contributed by atoms with van der Waals surface area (Å²) in [6.07, 6.45) is 3.16. The van der Waals surface area contributed by atoms with Crippen molar-refractivity contribution >= 4 is 17.4 Å². The van der Waals surface area contributed by atoms with E-state index in [-0.39, 0.29) is 11.8 Å². The van der Waals surface area contributed by atoms with Crippen LogP contribution < -0.4 is 10.2 Å². The maximum Gasteiger partial charge on any atom is 0.227 e. The van der Waals surface area contributed by atoms with Crippen LogP contribution >= 0.6 is 0 Å². The number of anilines is 2. The highest BCUT2D eigenvalue weighted by Crippen LogP contribution is 2.28. The number of ether oxygens (including phenoxy) is 1. The summed E-state index contributed by atoms with van der Waals surface area (Å²) in [5.74, 6) is 1.18. The normalized spacial score (nSPS) is 17.8. The molecule has 1 aliphatic carbocycles. The minimum absolute atomic E-state index is 0.122. The highest BCUT2D eigenvalue weighted by atomic mass is 16.5. The van der Waals surface area contributed by atoms with E-state index in [2.05, 4.69) is 20.4 Å². The van der Waals surface area contributed by atoms with Crippen molar-refractivity contribution in [2.24, 2.45) is 5.92 Å². The number of rotatable bonds is 4. The third-order valence-corrected chi connectivity index (χ3v) is 4.89. The molecule has 1 aliphatic heterocycles. The molecule has 1 amide bonds. The van der Waals surface area contributed by atoms with Crippen LogP contribution in [0.4, 0.5) is 11.5 Å². The molecule has 0 spiro atoms. The Morgan fingerprint density at radius 2 is 1.96 bits per heavy atom. The van der Waals surface area contributed by atoms with Gasteiger partial charge in [-0.15, -0.1) is 10.2 Å². The minimum Gasteiger partial charge on any atom is -0.378 e. The third-order valence-electron chi connectivity index (χ3n) is 4.89. The Kier molecular flexibility index (Phi) is 4.61. The molecule has 2 aliphatic rings. The van der Waals surface area contributed by atoms with Crippen molar-refractivity contribution < 1.29 is 9.53 Å². The van der Waals surface area contributed by atoms with Gasteiger partial charge in [0.1, 0.15) is 0 Å². The van der Waals surface area contributed by atoms with Gasteiger partial charge in [-0.05, 0) is 37.1 Å². The number of aromatic nitrogens is 2. The second-order valence-electron chi connectivity index (χ2n) is 6.57. The van der Waals surface area contributed by atoms with Crippen molar-refractivity contribution in [3.63, 3.8) is 0 Å². The van der Waals surface area contributed by atoms with E-state index in [1.54, 1.807) is 0 Å². The van der Waals surface area contributed by atoms with E-state index in [9.17, 15) is 4.79 Å². The zero-order valence-electron chi connectivity index (χ0n) is 14.1. The molecule has 1 aromatic carbocycles. The number of amides is 1. The van der Waals surface area contributed by atoms with Gasteiger partial charge < -0.3 is 15.0 Å². The molecule has 1 saturated heterocycles. The van der Waals surface area contributed by atoms with Crippen LogP contribution in [0.25, 0.3) is 11.3 Å². The van der Waals surface area contributed by atoms with Gasteiger partial charge in [0, 0.05) is 30.3 Å². The lowest BCUT2D eigenvalue weighted by Crippen LogP contribution is -2.36. The Bertz CT molecular complexity index is 737. The van der Waals surface area contributed by atoms with Gasteiger partial charge in [0.05, 0.1) is 18.9 Å². The Balaban J connectivity index is 1.47. The molecule has 2 heterocycles. The molecule has 0 radical (unpaired) electrons. The molecule has 130 valence electrons. The summed E-state index contributed by atoms with van der Waals surface area (Å²) >= 11 is 0. The monoisotopic (exact) mass is 338 g/mol. The summed E-state index contributed by atoms with van der Waals surface area (Å²) in [7, 11) is 0. The number of hydrogen-bond acceptors (Lipinski definition) is 5. The standard InChI is InChI=1S/C19H22N4O2/c24-19(14-3-1-4-14)20-16-6-2-5-15(13-16)17-7-8-18(22-21-17)23-9-11-25-12-10-23/h2,5-8,13-14H,1,3-4,9-12H2,(H,20,24). The van der Waals surface area contributed by atoms with Crippen LogP contribution in [0.3, 0.4) is 0 Å². The number of nitrogens with zero attached hydrogens (tertiary/aromatic N) is 3. The van der Waals surface area contributed by atoms with Crippen LogP contribution in [0, 0.1) is 5.92 Å². The zero-order chi connectivity index (χ0) is 17.1. The Hall–Kier alpha value is -2.47. The molecule has 0 bridgehead atoms. The predicted octanol–water partition coefficient (Wildman–Crippen LogP) is 2.72. The quantitative estimate of drug-likeness (QED) is 0.928. The lowest BCUT2D eigenvalue weighted by molar-refractivity contribution is -0.122. The molecule has 1 N–H and O–H groups in total. The third kappa shape index (κ3) is 3.64. The summed E-state index contributed by atoms with van der Waals surface area (Å²) < 4.78 is 5.36. The van der Waals surface area contributed by atoms with Gasteiger partial charge in [-0.3, -0.25) is 4.79 Å². The van der Waals surface area contributed by atoms with Crippen LogP contribution in [-0.4, -0.2) is 42.4 Å². The van der Waals surface area contributed by atoms with Gasteiger partial charge in [-0.2, -0.15) is 0 Å². The average Bonchev–Trinajstić information content (AvgIpc) is 2.61. The van der Waals surface area contributed by atoms with Crippen molar-refractivity contribution in [2.75, 3.05) is 36.5 Å². The zero-order valence-corrected chi connectivity index (χ0v) is 14.1. The summed E-state index contributed by atoms with van der Waals surface area (Å²) in [4.78, 5) is 14.3. The molecule has 0 unspecified atom stereocenters. The predicted molar refractivity (Wildman–Crippen MR) is 96.5 cm³/mol. The molecule has 25 heavy (non-hydrogen) atoms. The molecule has 2 aromatic rings. The molecule has 1 aromatic heterocycles. The Labute approximate surface area is 147 Å². The number of nitrogens with one attached hydrogen (secondary N) is 1. The van der Waals surface area contributed by atoms with Gasteiger partial charge in [0.25, 0.3) is 0 Å². The van der Waals surface area contributed by atoms with Crippen molar-refractivity contribution in [3.8, 4) is 11.3 Å². The van der Waals surface area contributed by atoms with Crippen molar-refractivity contribution in [2.45, 2.75) is 19.3 Å². The maximum atomic E-state index is 12.1. The average molecular weight is 338 g/mol. The molecule has 0 atom stereocenters. The van der Waals surface area contributed by atoms with E-state index in [1.165, 1.54) is 0 Å². The van der Waals surface area contributed by atoms with Gasteiger partial charge in [0.15, 0.2) is 5.82 Å². The number of carbonyl (C=O) groups excluding carboxylic acids is 1. The number of benzene rings is 1. The van der Waals surface area contributed by atoms with Gasteiger partial charge in [-0.25, -0.2) is 0 Å². The molecule has 1 saturated carbocycles. The van der Waals surface area contributed by atoms with E-state index in [1.807, 2.05) is 36.4 Å². The molecule has 6 heteroatoms. The van der Waals surface area contributed by atoms with Crippen molar-refractivity contribution in [1.82, 2.24) is 10.2 Å². The first-order valence-corrected chi connectivity index (χ1v) is 8.87. The fraction of sp³-hybridized carbons (Fsp3) is 0.421. The van der Waals surface area contributed by atoms with Crippen molar-refractivity contribution in [1.29, 1.82) is 0 Å². The topological polar surface area (TPSA) is 67.4 Å². The Morgan fingerprint density at radius 1 is 1.12 bits per heavy atom. The van der Waals surface area contributed by atoms with Gasteiger partial charge in [-0.1, -0.05) is 18.6 Å². The van der Waals surface area contributed by atoms with Gasteiger partial charge >= 0.3 is 0 Å². The van der Waals surface area contributed by atoms with Crippen LogP contribution in [-0.2, 0) is 9.53 Å². The molecular weight excluding hydrogens is 316 g/mol. The summed E-state index contributed by atoms with van der Waals surface area (Å²) in [6, 6.07) is 11.8. The van der Waals surface area contributed by atoms with E-state index in [0.717, 1.165) is 68.3 Å². The number of hydrogen-bond donors (Lipinski definition) is 1. The van der Waals surface area contributed by atoms with Crippen LogP contribution in [0.5, 0.6) is 0 Å². The Morgan fingerprint density at radius 3 is 2.64 bits per heavy atom. The van der Waals surface area contributed by atoms with Crippen LogP contribution in [0.1, 0.15) is 19.3 Å². The van der Waals surface area contributed by atoms with Gasteiger partial charge in [0.2, 0.25) is 5.91 Å². The lowest BCUT2D eigenvalue weighted by atomic mass is 9.85. The van der Waals surface area contributed by atoms with E-state index >= 15 is 0 Å². The molecule has 2 fully saturated rings. The minimum atomic E-state index is 0.122. The molecular formula is C19H22N4O2. The van der Waals surface area contributed by atoms with Crippen LogP contribution in [0.15, 0.2) is 36.4 Å². The summed E-state index contributed by atoms with van der Waals surface area (Å²) in [6.45, 7) is 3.14. The first-order chi connectivity index (χ1) is 12.3. The van der Waals surface area contributed by atoms with E-state index in [4.69, 9.17) is 4.74 Å². The molecule has 4 rings (SSSR count). The van der Waals surface area contributed by atoms with Crippen LogP contribution in [0.2, 0.25) is 0 Å². The summed E-state index contributed by atoms with van der Waals surface area (Å²) in [5.41, 5.74) is 2.57. The highest BCUT2D eigenvalue weighted by molar-refractivity contribution is 5.93. The van der Waals surface area contributed by atoms with E-state index in [0.29, 0.717) is 0 Å². The lowest BCUT2D eigenvalue weighted by Gasteiger charge is -2.27. The first kappa shape index (κ1) is 16.0. The second kappa shape index (κ2) is 7.19. The second-order valence-corrected chi connectivity index (χ2v) is 6.57. The SMILES string of the molecule is O=C(Nc1cccc(-c2ccc(N3CCOCC3)nn2)c1)C1CCC1.